The molecule has 2 aromatic rings. The summed E-state index contributed by atoms with van der Waals surface area (Å²) in [5.74, 6) is 0.950. The predicted octanol–water partition coefficient (Wildman–Crippen LogP) is 1.26. The second-order valence-electron chi connectivity index (χ2n) is 3.34. The maximum Gasteiger partial charge on any atom is 0.227 e. The Balaban J connectivity index is 2.17. The number of nitrogens with zero attached hydrogens (tertiary/aromatic N) is 3. The maximum atomic E-state index is 5.50. The van der Waals surface area contributed by atoms with E-state index in [1.54, 1.807) is 31.6 Å². The van der Waals surface area contributed by atoms with Crippen LogP contribution in [0.2, 0.25) is 0 Å². The molecule has 0 radical (unpaired) electrons. The van der Waals surface area contributed by atoms with Gasteiger partial charge in [0, 0.05) is 12.3 Å². The van der Waals surface area contributed by atoms with Crippen LogP contribution in [0.25, 0.3) is 0 Å². The van der Waals surface area contributed by atoms with Crippen molar-refractivity contribution in [3.63, 3.8) is 0 Å². The van der Waals surface area contributed by atoms with E-state index in [1.807, 2.05) is 6.07 Å². The number of nitrogens with two attached hydrogens (primary N) is 1. The van der Waals surface area contributed by atoms with Gasteiger partial charge >= 0.3 is 0 Å². The summed E-state index contributed by atoms with van der Waals surface area (Å²) in [5, 5.41) is 3.00. The summed E-state index contributed by atoms with van der Waals surface area (Å²) in [4.78, 5) is 12.5. The molecule has 3 N–H and O–H groups in total. The zero-order chi connectivity index (χ0) is 13.0. The molecule has 0 aliphatic heterocycles. The SMILES string of the molecule is COc1ccc(Nc2nccc(C(N)=S)n2)cn1. The number of aromatic nitrogens is 3. The molecule has 0 unspecified atom stereocenters. The fourth-order valence-corrected chi connectivity index (χ4v) is 1.37. The molecule has 0 saturated carbocycles. The largest absolute Gasteiger partial charge is 0.481 e. The first-order valence-electron chi connectivity index (χ1n) is 5.09. The first-order chi connectivity index (χ1) is 8.69. The molecule has 0 fully saturated rings. The van der Waals surface area contributed by atoms with E-state index in [2.05, 4.69) is 20.3 Å². The van der Waals surface area contributed by atoms with Gasteiger partial charge in [0.25, 0.3) is 0 Å². The second-order valence-corrected chi connectivity index (χ2v) is 3.78. The van der Waals surface area contributed by atoms with Crippen LogP contribution in [0, 0.1) is 0 Å². The zero-order valence-electron chi connectivity index (χ0n) is 9.62. The maximum absolute atomic E-state index is 5.50. The van der Waals surface area contributed by atoms with Crippen molar-refractivity contribution in [2.45, 2.75) is 0 Å². The van der Waals surface area contributed by atoms with Crippen molar-refractivity contribution >= 4 is 28.8 Å². The van der Waals surface area contributed by atoms with Crippen LogP contribution in [-0.4, -0.2) is 27.1 Å². The van der Waals surface area contributed by atoms with E-state index in [4.69, 9.17) is 22.7 Å². The first-order valence-corrected chi connectivity index (χ1v) is 5.50. The van der Waals surface area contributed by atoms with Gasteiger partial charge in [0.05, 0.1) is 19.0 Å². The van der Waals surface area contributed by atoms with E-state index in [0.717, 1.165) is 5.69 Å². The van der Waals surface area contributed by atoms with E-state index in [-0.39, 0.29) is 4.99 Å². The molecule has 0 aliphatic carbocycles. The highest BCUT2D eigenvalue weighted by Gasteiger charge is 2.02. The Kier molecular flexibility index (Phi) is 3.63. The van der Waals surface area contributed by atoms with Crippen LogP contribution < -0.4 is 15.8 Å². The summed E-state index contributed by atoms with van der Waals surface area (Å²) in [6, 6.07) is 5.20. The number of thiocarbonyl (C=S) groups is 1. The molecular formula is C11H11N5OS. The quantitative estimate of drug-likeness (QED) is 0.801. The molecular weight excluding hydrogens is 250 g/mol. The molecule has 0 saturated heterocycles. The van der Waals surface area contributed by atoms with Gasteiger partial charge in [-0.3, -0.25) is 0 Å². The standard InChI is InChI=1S/C11H11N5OS/c1-17-9-3-2-7(6-14-9)15-11-13-5-4-8(16-11)10(12)18/h2-6H,1H3,(H2,12,18)(H,13,15,16). The van der Waals surface area contributed by atoms with Gasteiger partial charge in [-0.15, -0.1) is 0 Å². The fraction of sp³-hybridized carbons (Fsp3) is 0.0909. The Bertz CT molecular complexity index is 558. The Morgan fingerprint density at radius 3 is 2.78 bits per heavy atom. The van der Waals surface area contributed by atoms with E-state index >= 15 is 0 Å². The second kappa shape index (κ2) is 5.37. The molecule has 0 bridgehead atoms. The summed E-state index contributed by atoms with van der Waals surface area (Å²) in [7, 11) is 1.56. The lowest BCUT2D eigenvalue weighted by Crippen LogP contribution is -2.12. The van der Waals surface area contributed by atoms with Crippen molar-refractivity contribution in [2.24, 2.45) is 5.73 Å². The van der Waals surface area contributed by atoms with Crippen LogP contribution in [0.3, 0.4) is 0 Å². The monoisotopic (exact) mass is 261 g/mol. The summed E-state index contributed by atoms with van der Waals surface area (Å²) < 4.78 is 4.97. The molecule has 0 spiro atoms. The summed E-state index contributed by atoms with van der Waals surface area (Å²) >= 11 is 4.85. The van der Waals surface area contributed by atoms with Gasteiger partial charge in [-0.25, -0.2) is 15.0 Å². The summed E-state index contributed by atoms with van der Waals surface area (Å²) in [5.41, 5.74) is 6.76. The van der Waals surface area contributed by atoms with Gasteiger partial charge in [-0.05, 0) is 12.1 Å². The number of nitrogens with one attached hydrogen (secondary N) is 1. The van der Waals surface area contributed by atoms with Crippen molar-refractivity contribution in [3.8, 4) is 5.88 Å². The number of methoxy groups -OCH3 is 1. The predicted molar refractivity (Wildman–Crippen MR) is 72.0 cm³/mol. The molecule has 6 nitrogen and oxygen atoms in total. The number of ether oxygens (including phenoxy) is 1. The van der Waals surface area contributed by atoms with Crippen LogP contribution in [-0.2, 0) is 0 Å². The molecule has 92 valence electrons. The van der Waals surface area contributed by atoms with Gasteiger partial charge in [0.1, 0.15) is 10.7 Å². The lowest BCUT2D eigenvalue weighted by atomic mass is 10.4. The van der Waals surface area contributed by atoms with Crippen molar-refractivity contribution in [1.82, 2.24) is 15.0 Å². The molecule has 0 aromatic carbocycles. The van der Waals surface area contributed by atoms with Crippen molar-refractivity contribution in [1.29, 1.82) is 0 Å². The molecule has 2 heterocycles. The Morgan fingerprint density at radius 1 is 1.33 bits per heavy atom. The molecule has 18 heavy (non-hydrogen) atoms. The fourth-order valence-electron chi connectivity index (χ4n) is 1.26. The average molecular weight is 261 g/mol. The molecule has 0 atom stereocenters. The lowest BCUT2D eigenvalue weighted by molar-refractivity contribution is 0.398. The summed E-state index contributed by atoms with van der Waals surface area (Å²) in [6.45, 7) is 0. The van der Waals surface area contributed by atoms with Gasteiger partial charge in [0.15, 0.2) is 0 Å². The minimum absolute atomic E-state index is 0.230. The number of rotatable bonds is 4. The zero-order valence-corrected chi connectivity index (χ0v) is 10.4. The molecule has 2 rings (SSSR count). The van der Waals surface area contributed by atoms with E-state index in [9.17, 15) is 0 Å². The molecule has 0 aliphatic rings. The topological polar surface area (TPSA) is 86.0 Å². The van der Waals surface area contributed by atoms with E-state index in [1.165, 1.54) is 0 Å². The van der Waals surface area contributed by atoms with Gasteiger partial charge in [-0.1, -0.05) is 12.2 Å². The van der Waals surface area contributed by atoms with Crippen molar-refractivity contribution < 1.29 is 4.74 Å². The van der Waals surface area contributed by atoms with E-state index < -0.39 is 0 Å². The highest BCUT2D eigenvalue weighted by Crippen LogP contribution is 2.14. The van der Waals surface area contributed by atoms with Gasteiger partial charge in [0.2, 0.25) is 11.8 Å². The third kappa shape index (κ3) is 2.89. The van der Waals surface area contributed by atoms with Crippen LogP contribution in [0.5, 0.6) is 5.88 Å². The molecule has 2 aromatic heterocycles. The minimum Gasteiger partial charge on any atom is -0.481 e. The number of pyridine rings is 1. The lowest BCUT2D eigenvalue weighted by Gasteiger charge is -2.06. The van der Waals surface area contributed by atoms with Crippen molar-refractivity contribution in [3.05, 3.63) is 36.3 Å². The number of anilines is 2. The van der Waals surface area contributed by atoms with Crippen LogP contribution >= 0.6 is 12.2 Å². The number of hydrogen-bond donors (Lipinski definition) is 2. The highest BCUT2D eigenvalue weighted by molar-refractivity contribution is 7.80. The molecule has 0 amide bonds. The van der Waals surface area contributed by atoms with Crippen LogP contribution in [0.4, 0.5) is 11.6 Å². The van der Waals surface area contributed by atoms with Crippen molar-refractivity contribution in [2.75, 3.05) is 12.4 Å². The first kappa shape index (κ1) is 12.2. The smallest absolute Gasteiger partial charge is 0.227 e. The summed E-state index contributed by atoms with van der Waals surface area (Å²) in [6.07, 6.45) is 3.20. The normalized spacial score (nSPS) is 9.83. The Morgan fingerprint density at radius 2 is 2.17 bits per heavy atom. The highest BCUT2D eigenvalue weighted by atomic mass is 32.1. The molecule has 7 heteroatoms. The Hall–Kier alpha value is -2.28. The number of hydrogen-bond acceptors (Lipinski definition) is 6. The van der Waals surface area contributed by atoms with Gasteiger partial charge < -0.3 is 15.8 Å². The average Bonchev–Trinajstić information content (AvgIpc) is 2.40. The third-order valence-electron chi connectivity index (χ3n) is 2.11. The van der Waals surface area contributed by atoms with Gasteiger partial charge in [-0.2, -0.15) is 0 Å². The minimum atomic E-state index is 0.230. The van der Waals surface area contributed by atoms with E-state index in [0.29, 0.717) is 17.5 Å². The van der Waals surface area contributed by atoms with Crippen LogP contribution in [0.1, 0.15) is 5.69 Å². The van der Waals surface area contributed by atoms with Crippen LogP contribution in [0.15, 0.2) is 30.6 Å². The Labute approximate surface area is 109 Å². The third-order valence-corrected chi connectivity index (χ3v) is 2.32.